The Balaban J connectivity index is 1.67. The van der Waals surface area contributed by atoms with Crippen LogP contribution in [0.1, 0.15) is 16.7 Å². The van der Waals surface area contributed by atoms with Crippen molar-refractivity contribution in [1.82, 2.24) is 0 Å². The molecular weight excluding hydrogens is 340 g/mol. The number of hydrogen-bond acceptors (Lipinski definition) is 1. The standard InChI is InChI=1S/C27H22O/c1-28-19-7-12-24-18-17-23-10-4-5-13-26(23)27(24)14-6-8-21-15-16-22-9-2-3-11-25(22)20-21/h2-5,7,9-11,13,15-20H,12,14H2,1H3. The third kappa shape index (κ3) is 3.92. The van der Waals surface area contributed by atoms with Crippen LogP contribution in [-0.2, 0) is 17.6 Å². The fourth-order valence-corrected chi connectivity index (χ4v) is 3.55. The van der Waals surface area contributed by atoms with Gasteiger partial charge >= 0.3 is 0 Å². The molecule has 0 amide bonds. The molecule has 0 unspecified atom stereocenters. The molecule has 0 radical (unpaired) electrons. The highest BCUT2D eigenvalue weighted by Crippen LogP contribution is 2.24. The van der Waals surface area contributed by atoms with Crippen molar-refractivity contribution in [2.45, 2.75) is 12.8 Å². The molecule has 0 N–H and O–H groups in total. The molecule has 0 saturated heterocycles. The van der Waals surface area contributed by atoms with E-state index in [4.69, 9.17) is 4.74 Å². The molecule has 4 aromatic carbocycles. The fourth-order valence-electron chi connectivity index (χ4n) is 3.55. The Bertz CT molecular complexity index is 1210. The van der Waals surface area contributed by atoms with Crippen LogP contribution in [0.15, 0.2) is 91.2 Å². The number of hydrogen-bond donors (Lipinski definition) is 0. The highest BCUT2D eigenvalue weighted by Gasteiger charge is 2.05. The van der Waals surface area contributed by atoms with E-state index in [1.807, 2.05) is 6.08 Å². The summed E-state index contributed by atoms with van der Waals surface area (Å²) in [7, 11) is 1.67. The number of allylic oxidation sites excluding steroid dienone is 1. The summed E-state index contributed by atoms with van der Waals surface area (Å²) < 4.78 is 5.06. The number of ether oxygens (including phenoxy) is 1. The molecule has 4 aromatic rings. The highest BCUT2D eigenvalue weighted by molar-refractivity contribution is 5.87. The molecule has 0 spiro atoms. The summed E-state index contributed by atoms with van der Waals surface area (Å²) in [5, 5.41) is 5.00. The average molecular weight is 362 g/mol. The van der Waals surface area contributed by atoms with E-state index in [1.165, 1.54) is 32.7 Å². The minimum absolute atomic E-state index is 0.727. The van der Waals surface area contributed by atoms with Gasteiger partial charge < -0.3 is 4.74 Å². The van der Waals surface area contributed by atoms with Gasteiger partial charge in [-0.15, -0.1) is 0 Å². The smallest absolute Gasteiger partial charge is 0.0788 e. The van der Waals surface area contributed by atoms with Gasteiger partial charge in [-0.1, -0.05) is 78.6 Å². The van der Waals surface area contributed by atoms with E-state index < -0.39 is 0 Å². The van der Waals surface area contributed by atoms with Gasteiger partial charge in [-0.05, 0) is 57.3 Å². The molecule has 0 aliphatic rings. The lowest BCUT2D eigenvalue weighted by Gasteiger charge is -2.10. The molecule has 1 heteroatoms. The van der Waals surface area contributed by atoms with Crippen molar-refractivity contribution in [2.24, 2.45) is 0 Å². The van der Waals surface area contributed by atoms with Crippen molar-refractivity contribution in [3.63, 3.8) is 0 Å². The van der Waals surface area contributed by atoms with Gasteiger partial charge in [0.15, 0.2) is 0 Å². The SMILES string of the molecule is COC=CCc1ccc2ccccc2c1CC#Cc1ccc2ccccc2c1. The van der Waals surface area contributed by atoms with Gasteiger partial charge in [0.1, 0.15) is 0 Å². The first-order valence-corrected chi connectivity index (χ1v) is 9.50. The topological polar surface area (TPSA) is 9.23 Å². The minimum Gasteiger partial charge on any atom is -0.505 e. The molecular formula is C27H22O. The van der Waals surface area contributed by atoms with E-state index in [0.29, 0.717) is 0 Å². The summed E-state index contributed by atoms with van der Waals surface area (Å²) in [4.78, 5) is 0. The maximum absolute atomic E-state index is 5.06. The summed E-state index contributed by atoms with van der Waals surface area (Å²) in [5.41, 5.74) is 3.65. The van der Waals surface area contributed by atoms with Crippen LogP contribution < -0.4 is 0 Å². The Morgan fingerprint density at radius 1 is 0.821 bits per heavy atom. The Hall–Kier alpha value is -3.50. The lowest BCUT2D eigenvalue weighted by atomic mass is 9.95. The summed E-state index contributed by atoms with van der Waals surface area (Å²) in [6.07, 6.45) is 5.35. The van der Waals surface area contributed by atoms with Crippen molar-refractivity contribution in [2.75, 3.05) is 7.11 Å². The van der Waals surface area contributed by atoms with Crippen molar-refractivity contribution in [3.8, 4) is 11.8 Å². The first-order chi connectivity index (χ1) is 13.8. The monoisotopic (exact) mass is 362 g/mol. The second-order valence-corrected chi connectivity index (χ2v) is 6.78. The lowest BCUT2D eigenvalue weighted by Crippen LogP contribution is -1.94. The van der Waals surface area contributed by atoms with Crippen molar-refractivity contribution < 1.29 is 4.74 Å². The molecule has 136 valence electrons. The molecule has 0 aliphatic heterocycles. The largest absolute Gasteiger partial charge is 0.505 e. The van der Waals surface area contributed by atoms with Gasteiger partial charge in [0.25, 0.3) is 0 Å². The second kappa shape index (κ2) is 8.46. The van der Waals surface area contributed by atoms with E-state index in [2.05, 4.69) is 90.7 Å². The summed E-state index contributed by atoms with van der Waals surface area (Å²) in [6, 6.07) is 27.7. The van der Waals surface area contributed by atoms with Crippen LogP contribution in [0.2, 0.25) is 0 Å². The third-order valence-electron chi connectivity index (χ3n) is 4.96. The Kier molecular flexibility index (Phi) is 5.41. The van der Waals surface area contributed by atoms with E-state index in [-0.39, 0.29) is 0 Å². The highest BCUT2D eigenvalue weighted by atomic mass is 16.5. The van der Waals surface area contributed by atoms with E-state index in [1.54, 1.807) is 13.4 Å². The molecule has 28 heavy (non-hydrogen) atoms. The lowest BCUT2D eigenvalue weighted by molar-refractivity contribution is 0.337. The van der Waals surface area contributed by atoms with Crippen LogP contribution >= 0.6 is 0 Å². The number of rotatable bonds is 4. The second-order valence-electron chi connectivity index (χ2n) is 6.78. The van der Waals surface area contributed by atoms with Crippen LogP contribution in [0, 0.1) is 11.8 Å². The van der Waals surface area contributed by atoms with Crippen molar-refractivity contribution >= 4 is 21.5 Å². The molecule has 0 aliphatic carbocycles. The first-order valence-electron chi connectivity index (χ1n) is 9.50. The van der Waals surface area contributed by atoms with Gasteiger partial charge in [-0.2, -0.15) is 0 Å². The van der Waals surface area contributed by atoms with Crippen molar-refractivity contribution in [3.05, 3.63) is 108 Å². The molecule has 1 nitrogen and oxygen atoms in total. The van der Waals surface area contributed by atoms with Crippen LogP contribution in [0.3, 0.4) is 0 Å². The maximum Gasteiger partial charge on any atom is 0.0788 e. The Morgan fingerprint density at radius 3 is 2.43 bits per heavy atom. The maximum atomic E-state index is 5.06. The summed E-state index contributed by atoms with van der Waals surface area (Å²) in [6.45, 7) is 0. The van der Waals surface area contributed by atoms with E-state index in [0.717, 1.165) is 18.4 Å². The minimum atomic E-state index is 0.727. The van der Waals surface area contributed by atoms with Gasteiger partial charge in [-0.3, -0.25) is 0 Å². The first kappa shape index (κ1) is 17.9. The number of fused-ring (bicyclic) bond motifs is 2. The van der Waals surface area contributed by atoms with Crippen LogP contribution in [-0.4, -0.2) is 7.11 Å². The molecule has 0 fully saturated rings. The molecule has 4 rings (SSSR count). The Labute approximate surface area is 166 Å². The van der Waals surface area contributed by atoms with E-state index in [9.17, 15) is 0 Å². The number of methoxy groups -OCH3 is 1. The van der Waals surface area contributed by atoms with Gasteiger partial charge in [0, 0.05) is 12.0 Å². The van der Waals surface area contributed by atoms with Gasteiger partial charge in [-0.25, -0.2) is 0 Å². The average Bonchev–Trinajstić information content (AvgIpc) is 2.75. The zero-order chi connectivity index (χ0) is 19.2. The van der Waals surface area contributed by atoms with E-state index >= 15 is 0 Å². The quantitative estimate of drug-likeness (QED) is 0.306. The van der Waals surface area contributed by atoms with Gasteiger partial charge in [0.05, 0.1) is 13.4 Å². The number of benzene rings is 4. The summed E-state index contributed by atoms with van der Waals surface area (Å²) >= 11 is 0. The van der Waals surface area contributed by atoms with Gasteiger partial charge in [0.2, 0.25) is 0 Å². The van der Waals surface area contributed by atoms with Crippen LogP contribution in [0.25, 0.3) is 21.5 Å². The molecule has 0 saturated carbocycles. The fraction of sp³-hybridized carbons (Fsp3) is 0.111. The molecule has 0 bridgehead atoms. The third-order valence-corrected chi connectivity index (χ3v) is 4.96. The predicted octanol–water partition coefficient (Wildman–Crippen LogP) is 6.29. The van der Waals surface area contributed by atoms with Crippen LogP contribution in [0.4, 0.5) is 0 Å². The predicted molar refractivity (Wildman–Crippen MR) is 118 cm³/mol. The Morgan fingerprint density at radius 2 is 1.57 bits per heavy atom. The zero-order valence-electron chi connectivity index (χ0n) is 16.0. The normalized spacial score (nSPS) is 10.9. The zero-order valence-corrected chi connectivity index (χ0v) is 16.0. The van der Waals surface area contributed by atoms with Crippen LogP contribution in [0.5, 0.6) is 0 Å². The summed E-state index contributed by atoms with van der Waals surface area (Å²) in [5.74, 6) is 6.75. The molecule has 0 heterocycles. The molecule has 0 atom stereocenters. The molecule has 0 aromatic heterocycles. The van der Waals surface area contributed by atoms with Crippen molar-refractivity contribution in [1.29, 1.82) is 0 Å².